The molecular formula is C8H16N2O2. The van der Waals surface area contributed by atoms with Crippen molar-refractivity contribution in [2.45, 2.75) is 32.4 Å². The predicted molar refractivity (Wildman–Crippen MR) is 45.9 cm³/mol. The Hall–Kier alpha value is -0.770. The third kappa shape index (κ3) is 1.69. The predicted octanol–water partition coefficient (Wildman–Crippen LogP) is 0.171. The van der Waals surface area contributed by atoms with Crippen LogP contribution in [0.3, 0.4) is 0 Å². The van der Waals surface area contributed by atoms with E-state index in [2.05, 4.69) is 5.32 Å². The molecule has 0 radical (unpaired) electrons. The highest BCUT2D eigenvalue weighted by atomic mass is 16.3. The van der Waals surface area contributed by atoms with Crippen LogP contribution < -0.4 is 5.32 Å². The summed E-state index contributed by atoms with van der Waals surface area (Å²) in [7, 11) is 0. The lowest BCUT2D eigenvalue weighted by atomic mass is 10.2. The number of hydrogen-bond acceptors (Lipinski definition) is 2. The minimum absolute atomic E-state index is 0.0449. The fourth-order valence-electron chi connectivity index (χ4n) is 1.46. The summed E-state index contributed by atoms with van der Waals surface area (Å²) in [6.45, 7) is 5.05. The molecule has 0 unspecified atom stereocenters. The van der Waals surface area contributed by atoms with Gasteiger partial charge in [-0.15, -0.1) is 0 Å². The Balaban J connectivity index is 2.47. The van der Waals surface area contributed by atoms with Crippen molar-refractivity contribution < 1.29 is 9.90 Å². The van der Waals surface area contributed by atoms with Gasteiger partial charge in [0.1, 0.15) is 0 Å². The Labute approximate surface area is 72.6 Å². The Morgan fingerprint density at radius 1 is 1.75 bits per heavy atom. The van der Waals surface area contributed by atoms with Gasteiger partial charge in [-0.3, -0.25) is 0 Å². The monoisotopic (exact) mass is 172 g/mol. The van der Waals surface area contributed by atoms with Gasteiger partial charge in [-0.25, -0.2) is 4.79 Å². The number of urea groups is 1. The van der Waals surface area contributed by atoms with Crippen LogP contribution in [-0.4, -0.2) is 41.3 Å². The molecule has 4 heteroatoms. The lowest BCUT2D eigenvalue weighted by Crippen LogP contribution is -2.43. The van der Waals surface area contributed by atoms with Crippen molar-refractivity contribution in [3.05, 3.63) is 0 Å². The summed E-state index contributed by atoms with van der Waals surface area (Å²) in [5.41, 5.74) is 0. The molecule has 0 aliphatic carbocycles. The number of amides is 2. The number of nitrogens with zero attached hydrogens (tertiary/aromatic N) is 1. The molecule has 2 N–H and O–H groups in total. The number of aliphatic hydroxyl groups excluding tert-OH is 1. The molecule has 70 valence electrons. The first-order chi connectivity index (χ1) is 5.66. The zero-order valence-electron chi connectivity index (χ0n) is 7.58. The zero-order chi connectivity index (χ0) is 9.14. The van der Waals surface area contributed by atoms with E-state index in [0.717, 1.165) is 0 Å². The van der Waals surface area contributed by atoms with Crippen LogP contribution in [0.25, 0.3) is 0 Å². The maximum Gasteiger partial charge on any atom is 0.317 e. The molecule has 1 heterocycles. The summed E-state index contributed by atoms with van der Waals surface area (Å²) in [4.78, 5) is 13.0. The smallest absolute Gasteiger partial charge is 0.317 e. The van der Waals surface area contributed by atoms with E-state index in [9.17, 15) is 9.90 Å². The molecule has 4 nitrogen and oxygen atoms in total. The Bertz CT molecular complexity index is 172. The van der Waals surface area contributed by atoms with E-state index >= 15 is 0 Å². The van der Waals surface area contributed by atoms with Gasteiger partial charge in [0, 0.05) is 13.1 Å². The first-order valence-electron chi connectivity index (χ1n) is 4.39. The second-order valence-electron chi connectivity index (χ2n) is 3.13. The highest BCUT2D eigenvalue weighted by Gasteiger charge is 2.31. The van der Waals surface area contributed by atoms with Gasteiger partial charge in [0.15, 0.2) is 0 Å². The zero-order valence-corrected chi connectivity index (χ0v) is 7.58. The SMILES string of the molecule is CCNC(=O)N1CC[C@@H](O)[C@@H]1C. The standard InChI is InChI=1S/C8H16N2O2/c1-3-9-8(12)10-5-4-7(11)6(10)2/h6-7,11H,3-5H2,1-2H3,(H,9,12)/t6-,7+/m0/s1. The van der Waals surface area contributed by atoms with Crippen molar-refractivity contribution in [2.75, 3.05) is 13.1 Å². The molecular weight excluding hydrogens is 156 g/mol. The number of carbonyl (C=O) groups excluding carboxylic acids is 1. The fourth-order valence-corrected chi connectivity index (χ4v) is 1.46. The summed E-state index contributed by atoms with van der Waals surface area (Å²) in [5.74, 6) is 0. The minimum atomic E-state index is -0.354. The van der Waals surface area contributed by atoms with Crippen LogP contribution in [0.4, 0.5) is 4.79 Å². The lowest BCUT2D eigenvalue weighted by molar-refractivity contribution is 0.131. The quantitative estimate of drug-likeness (QED) is 0.592. The Morgan fingerprint density at radius 2 is 2.42 bits per heavy atom. The second kappa shape index (κ2) is 3.76. The third-order valence-electron chi connectivity index (χ3n) is 2.30. The molecule has 1 saturated heterocycles. The topological polar surface area (TPSA) is 52.6 Å². The molecule has 1 aliphatic rings. The van der Waals surface area contributed by atoms with Gasteiger partial charge < -0.3 is 15.3 Å². The van der Waals surface area contributed by atoms with Crippen molar-refractivity contribution in [1.29, 1.82) is 0 Å². The molecule has 0 saturated carbocycles. The summed E-state index contributed by atoms with van der Waals surface area (Å²) in [6.07, 6.45) is 0.339. The van der Waals surface area contributed by atoms with Gasteiger partial charge in [0.25, 0.3) is 0 Å². The second-order valence-corrected chi connectivity index (χ2v) is 3.13. The number of carbonyl (C=O) groups is 1. The molecule has 0 aromatic rings. The van der Waals surface area contributed by atoms with Crippen molar-refractivity contribution >= 4 is 6.03 Å². The van der Waals surface area contributed by atoms with Gasteiger partial charge in [0.05, 0.1) is 12.1 Å². The van der Waals surface area contributed by atoms with Crippen LogP contribution in [0.15, 0.2) is 0 Å². The normalized spacial score (nSPS) is 29.1. The van der Waals surface area contributed by atoms with Crippen LogP contribution in [0, 0.1) is 0 Å². The molecule has 1 aliphatic heterocycles. The average molecular weight is 172 g/mol. The summed E-state index contributed by atoms with van der Waals surface area (Å²) in [6, 6.07) is -0.113. The first kappa shape index (κ1) is 9.32. The Morgan fingerprint density at radius 3 is 2.83 bits per heavy atom. The Kier molecular flexibility index (Phi) is 2.92. The summed E-state index contributed by atoms with van der Waals surface area (Å²) in [5, 5.41) is 12.1. The maximum atomic E-state index is 11.3. The van der Waals surface area contributed by atoms with Gasteiger partial charge >= 0.3 is 6.03 Å². The molecule has 1 rings (SSSR count). The lowest BCUT2D eigenvalue weighted by Gasteiger charge is -2.22. The molecule has 0 aromatic heterocycles. The molecule has 2 amide bonds. The van der Waals surface area contributed by atoms with Crippen molar-refractivity contribution in [3.8, 4) is 0 Å². The number of likely N-dealkylation sites (tertiary alicyclic amines) is 1. The van der Waals surface area contributed by atoms with E-state index < -0.39 is 0 Å². The highest BCUT2D eigenvalue weighted by molar-refractivity contribution is 5.74. The number of hydrogen-bond donors (Lipinski definition) is 2. The third-order valence-corrected chi connectivity index (χ3v) is 2.30. The van der Waals surface area contributed by atoms with Crippen molar-refractivity contribution in [1.82, 2.24) is 10.2 Å². The summed E-state index contributed by atoms with van der Waals surface area (Å²) >= 11 is 0. The first-order valence-corrected chi connectivity index (χ1v) is 4.39. The fraction of sp³-hybridized carbons (Fsp3) is 0.875. The van der Waals surface area contributed by atoms with Gasteiger partial charge in [-0.05, 0) is 20.3 Å². The maximum absolute atomic E-state index is 11.3. The number of nitrogens with one attached hydrogen (secondary N) is 1. The van der Waals surface area contributed by atoms with E-state index in [1.807, 2.05) is 13.8 Å². The molecule has 0 bridgehead atoms. The van der Waals surface area contributed by atoms with Crippen LogP contribution in [0.1, 0.15) is 20.3 Å². The van der Waals surface area contributed by atoms with Gasteiger partial charge in [-0.2, -0.15) is 0 Å². The molecule has 2 atom stereocenters. The average Bonchev–Trinajstić information content (AvgIpc) is 2.34. The molecule has 12 heavy (non-hydrogen) atoms. The van der Waals surface area contributed by atoms with Gasteiger partial charge in [-0.1, -0.05) is 0 Å². The summed E-state index contributed by atoms with van der Waals surface area (Å²) < 4.78 is 0. The van der Waals surface area contributed by atoms with E-state index in [0.29, 0.717) is 19.5 Å². The van der Waals surface area contributed by atoms with Crippen molar-refractivity contribution in [2.24, 2.45) is 0 Å². The minimum Gasteiger partial charge on any atom is -0.391 e. The van der Waals surface area contributed by atoms with Gasteiger partial charge in [0.2, 0.25) is 0 Å². The highest BCUT2D eigenvalue weighted by Crippen LogP contribution is 2.16. The number of aliphatic hydroxyl groups is 1. The van der Waals surface area contributed by atoms with Crippen LogP contribution in [-0.2, 0) is 0 Å². The molecule has 1 fully saturated rings. The largest absolute Gasteiger partial charge is 0.391 e. The molecule has 0 aromatic carbocycles. The van der Waals surface area contributed by atoms with E-state index in [4.69, 9.17) is 0 Å². The number of rotatable bonds is 1. The molecule has 0 spiro atoms. The van der Waals surface area contributed by atoms with Crippen LogP contribution in [0.2, 0.25) is 0 Å². The van der Waals surface area contributed by atoms with E-state index in [-0.39, 0.29) is 18.2 Å². The van der Waals surface area contributed by atoms with E-state index in [1.165, 1.54) is 0 Å². The van der Waals surface area contributed by atoms with Crippen LogP contribution >= 0.6 is 0 Å². The van der Waals surface area contributed by atoms with E-state index in [1.54, 1.807) is 4.90 Å². The van der Waals surface area contributed by atoms with Crippen LogP contribution in [0.5, 0.6) is 0 Å². The van der Waals surface area contributed by atoms with Crippen molar-refractivity contribution in [3.63, 3.8) is 0 Å².